The van der Waals surface area contributed by atoms with E-state index in [1.807, 2.05) is 54.6 Å². The molecule has 4 aromatic rings. The van der Waals surface area contributed by atoms with Crippen LogP contribution in [0.4, 0.5) is 5.69 Å². The van der Waals surface area contributed by atoms with Crippen molar-refractivity contribution in [3.63, 3.8) is 0 Å². The predicted molar refractivity (Wildman–Crippen MR) is 115 cm³/mol. The molecule has 29 heavy (non-hydrogen) atoms. The van der Waals surface area contributed by atoms with Gasteiger partial charge in [-0.3, -0.25) is 9.59 Å². The Labute approximate surface area is 171 Å². The number of fused-ring (bicyclic) bond motifs is 1. The van der Waals surface area contributed by atoms with Crippen molar-refractivity contribution in [2.75, 3.05) is 11.1 Å². The number of para-hydroxylation sites is 1. The molecule has 2 heterocycles. The van der Waals surface area contributed by atoms with Crippen molar-refractivity contribution in [2.45, 2.75) is 18.5 Å². The summed E-state index contributed by atoms with van der Waals surface area (Å²) < 4.78 is 1.62. The maximum Gasteiger partial charge on any atom is 0.262 e. The number of benzene rings is 2. The smallest absolute Gasteiger partial charge is 0.262 e. The van der Waals surface area contributed by atoms with Gasteiger partial charge in [-0.15, -0.1) is 0 Å². The lowest BCUT2D eigenvalue weighted by Gasteiger charge is -2.06. The van der Waals surface area contributed by atoms with E-state index < -0.39 is 0 Å². The van der Waals surface area contributed by atoms with Gasteiger partial charge in [0.2, 0.25) is 5.91 Å². The molecule has 8 heteroatoms. The lowest BCUT2D eigenvalue weighted by atomic mass is 10.1. The third-order valence-corrected chi connectivity index (χ3v) is 5.28. The largest absolute Gasteiger partial charge is 0.325 e. The highest BCUT2D eigenvalue weighted by atomic mass is 32.2. The average Bonchev–Trinajstić information content (AvgIpc) is 3.18. The van der Waals surface area contributed by atoms with Crippen LogP contribution in [0.15, 0.2) is 70.7 Å². The molecule has 2 N–H and O–H groups in total. The molecular formula is C21H19N5O2S. The van der Waals surface area contributed by atoms with Crippen molar-refractivity contribution >= 4 is 34.4 Å². The number of nitrogens with one attached hydrogen (secondary N) is 2. The van der Waals surface area contributed by atoms with Crippen molar-refractivity contribution in [1.82, 2.24) is 19.7 Å². The fourth-order valence-corrected chi connectivity index (χ4v) is 3.54. The minimum absolute atomic E-state index is 0.128. The van der Waals surface area contributed by atoms with Crippen LogP contribution in [0.1, 0.15) is 12.5 Å². The molecular weight excluding hydrogens is 386 g/mol. The first-order chi connectivity index (χ1) is 14.1. The van der Waals surface area contributed by atoms with Crippen LogP contribution in [-0.4, -0.2) is 31.4 Å². The number of nitrogens with zero attached hydrogens (tertiary/aromatic N) is 3. The fourth-order valence-electron chi connectivity index (χ4n) is 2.88. The molecule has 0 aliphatic rings. The summed E-state index contributed by atoms with van der Waals surface area (Å²) in [6.45, 7) is 2.08. The highest BCUT2D eigenvalue weighted by Gasteiger charge is 2.13. The summed E-state index contributed by atoms with van der Waals surface area (Å²) in [5, 5.41) is 7.90. The second kappa shape index (κ2) is 8.32. The molecule has 2 aromatic heterocycles. The molecule has 0 bridgehead atoms. The van der Waals surface area contributed by atoms with Gasteiger partial charge in [-0.1, -0.05) is 49.0 Å². The number of aryl methyl sites for hydroxylation is 1. The van der Waals surface area contributed by atoms with Crippen molar-refractivity contribution in [3.8, 4) is 5.69 Å². The Bertz CT molecular complexity index is 1200. The first-order valence-electron chi connectivity index (χ1n) is 9.19. The van der Waals surface area contributed by atoms with E-state index in [0.29, 0.717) is 16.2 Å². The Balaban J connectivity index is 1.50. The Morgan fingerprint density at radius 1 is 1.14 bits per heavy atom. The number of amides is 1. The quantitative estimate of drug-likeness (QED) is 0.379. The molecule has 0 fully saturated rings. The maximum atomic E-state index is 12.4. The van der Waals surface area contributed by atoms with Crippen LogP contribution in [-0.2, 0) is 11.2 Å². The van der Waals surface area contributed by atoms with Gasteiger partial charge >= 0.3 is 0 Å². The van der Waals surface area contributed by atoms with Crippen molar-refractivity contribution in [3.05, 3.63) is 76.7 Å². The van der Waals surface area contributed by atoms with Gasteiger partial charge in [0.15, 0.2) is 10.8 Å². The zero-order valence-corrected chi connectivity index (χ0v) is 16.6. The second-order valence-electron chi connectivity index (χ2n) is 6.39. The van der Waals surface area contributed by atoms with Crippen molar-refractivity contribution in [2.24, 2.45) is 0 Å². The van der Waals surface area contributed by atoms with E-state index >= 15 is 0 Å². The summed E-state index contributed by atoms with van der Waals surface area (Å²) in [5.74, 6) is -0.0396. The number of H-pyrrole nitrogens is 1. The summed E-state index contributed by atoms with van der Waals surface area (Å²) in [4.78, 5) is 31.8. The second-order valence-corrected chi connectivity index (χ2v) is 7.35. The van der Waals surface area contributed by atoms with Gasteiger partial charge in [0.1, 0.15) is 5.39 Å². The van der Waals surface area contributed by atoms with Gasteiger partial charge < -0.3 is 10.3 Å². The van der Waals surface area contributed by atoms with E-state index in [2.05, 4.69) is 27.3 Å². The topological polar surface area (TPSA) is 92.7 Å². The zero-order chi connectivity index (χ0) is 20.2. The molecule has 0 saturated heterocycles. The van der Waals surface area contributed by atoms with E-state index in [9.17, 15) is 9.59 Å². The van der Waals surface area contributed by atoms with Crippen molar-refractivity contribution < 1.29 is 4.79 Å². The van der Waals surface area contributed by atoms with E-state index in [-0.39, 0.29) is 17.2 Å². The summed E-state index contributed by atoms with van der Waals surface area (Å²) in [5.41, 5.74) is 2.94. The lowest BCUT2D eigenvalue weighted by Crippen LogP contribution is -2.15. The van der Waals surface area contributed by atoms with E-state index in [1.165, 1.54) is 23.5 Å². The van der Waals surface area contributed by atoms with Gasteiger partial charge in [-0.05, 0) is 36.2 Å². The maximum absolute atomic E-state index is 12.4. The number of carbonyl (C=O) groups is 1. The van der Waals surface area contributed by atoms with Crippen LogP contribution in [0, 0.1) is 0 Å². The van der Waals surface area contributed by atoms with Gasteiger partial charge in [0, 0.05) is 5.69 Å². The minimum Gasteiger partial charge on any atom is -0.325 e. The van der Waals surface area contributed by atoms with Gasteiger partial charge in [-0.25, -0.2) is 9.67 Å². The number of rotatable bonds is 6. The molecule has 0 aliphatic heterocycles. The predicted octanol–water partition coefficient (Wildman–Crippen LogP) is 3.40. The number of hydrogen-bond acceptors (Lipinski definition) is 5. The first kappa shape index (κ1) is 18.9. The Morgan fingerprint density at radius 2 is 1.90 bits per heavy atom. The summed E-state index contributed by atoms with van der Waals surface area (Å²) in [7, 11) is 0. The number of aromatic nitrogens is 4. The van der Waals surface area contributed by atoms with Crippen LogP contribution in [0.5, 0.6) is 0 Å². The first-order valence-corrected chi connectivity index (χ1v) is 10.2. The van der Waals surface area contributed by atoms with Gasteiger partial charge in [0.25, 0.3) is 5.56 Å². The van der Waals surface area contributed by atoms with E-state index in [4.69, 9.17) is 0 Å². The van der Waals surface area contributed by atoms with Crippen LogP contribution in [0.2, 0.25) is 0 Å². The highest BCUT2D eigenvalue weighted by molar-refractivity contribution is 7.99. The minimum atomic E-state index is -0.282. The molecule has 0 spiro atoms. The SMILES string of the molecule is CCc1ccc(NC(=O)CSc2nc3c(cnn3-c3ccccc3)c(=O)[nH]2)cc1. The Morgan fingerprint density at radius 3 is 2.62 bits per heavy atom. The molecule has 2 aromatic carbocycles. The molecule has 0 saturated carbocycles. The molecule has 7 nitrogen and oxygen atoms in total. The molecule has 1 amide bonds. The van der Waals surface area contributed by atoms with Crippen molar-refractivity contribution in [1.29, 1.82) is 0 Å². The van der Waals surface area contributed by atoms with Crippen LogP contribution in [0.25, 0.3) is 16.7 Å². The number of aromatic amines is 1. The molecule has 4 rings (SSSR count). The third kappa shape index (κ3) is 4.22. The normalized spacial score (nSPS) is 10.9. The number of thioether (sulfide) groups is 1. The highest BCUT2D eigenvalue weighted by Crippen LogP contribution is 2.18. The zero-order valence-electron chi connectivity index (χ0n) is 15.8. The number of carbonyl (C=O) groups excluding carboxylic acids is 1. The van der Waals surface area contributed by atoms with Gasteiger partial charge in [-0.2, -0.15) is 5.10 Å². The monoisotopic (exact) mass is 405 g/mol. The van der Waals surface area contributed by atoms with Crippen LogP contribution < -0.4 is 10.9 Å². The van der Waals surface area contributed by atoms with Crippen LogP contribution in [0.3, 0.4) is 0 Å². The number of hydrogen-bond donors (Lipinski definition) is 2. The third-order valence-electron chi connectivity index (χ3n) is 4.40. The standard InChI is InChI=1S/C21H19N5O2S/c1-2-14-8-10-15(11-9-14)23-18(27)13-29-21-24-19-17(20(28)25-21)12-22-26(19)16-6-4-3-5-7-16/h3-12H,2,13H2,1H3,(H,23,27)(H,24,25,28). The Kier molecular flexibility index (Phi) is 5.44. The Hall–Kier alpha value is -3.39. The molecule has 0 aliphatic carbocycles. The number of anilines is 1. The lowest BCUT2D eigenvalue weighted by molar-refractivity contribution is -0.113. The summed E-state index contributed by atoms with van der Waals surface area (Å²) >= 11 is 1.17. The molecule has 0 radical (unpaired) electrons. The van der Waals surface area contributed by atoms with E-state index in [0.717, 1.165) is 17.8 Å². The molecule has 0 unspecified atom stereocenters. The van der Waals surface area contributed by atoms with Gasteiger partial charge in [0.05, 0.1) is 17.6 Å². The fraction of sp³-hybridized carbons (Fsp3) is 0.143. The van der Waals surface area contributed by atoms with E-state index in [1.54, 1.807) is 4.68 Å². The molecule has 146 valence electrons. The summed E-state index contributed by atoms with van der Waals surface area (Å²) in [6.07, 6.45) is 2.44. The van der Waals surface area contributed by atoms with Crippen LogP contribution >= 0.6 is 11.8 Å². The summed E-state index contributed by atoms with van der Waals surface area (Å²) in [6, 6.07) is 17.2. The average molecular weight is 405 g/mol. The molecule has 0 atom stereocenters.